The predicted octanol–water partition coefficient (Wildman–Crippen LogP) is 3.61. The van der Waals surface area contributed by atoms with Gasteiger partial charge in [-0.25, -0.2) is 0 Å². The first kappa shape index (κ1) is 14.8. The molecule has 1 unspecified atom stereocenters. The third-order valence-corrected chi connectivity index (χ3v) is 4.18. The summed E-state index contributed by atoms with van der Waals surface area (Å²) in [7, 11) is 0. The maximum atomic E-state index is 12.5. The van der Waals surface area contributed by atoms with E-state index in [-0.39, 0.29) is 11.9 Å². The minimum absolute atomic E-state index is 0.0514. The fraction of sp³-hybridized carbons (Fsp3) is 0.294. The van der Waals surface area contributed by atoms with Crippen LogP contribution in [0.4, 0.5) is 0 Å². The van der Waals surface area contributed by atoms with Crippen molar-refractivity contribution in [3.8, 4) is 5.75 Å². The summed E-state index contributed by atoms with van der Waals surface area (Å²) in [5, 5.41) is 3.08. The summed E-state index contributed by atoms with van der Waals surface area (Å²) in [6.07, 6.45) is 2.47. The minimum Gasteiger partial charge on any atom is -0.493 e. The Kier molecular flexibility index (Phi) is 3.98. The van der Waals surface area contributed by atoms with Crippen molar-refractivity contribution in [2.45, 2.75) is 26.3 Å². The van der Waals surface area contributed by atoms with Gasteiger partial charge in [0.15, 0.2) is 0 Å². The number of carbonyl (C=O) groups excluding carboxylic acids is 1. The molecule has 114 valence electrons. The van der Waals surface area contributed by atoms with Crippen LogP contribution >= 0.6 is 12.2 Å². The SMILES string of the molecule is Cc1cc(C)c2c(c1)C(NC(=O)c1ccc[nH]c1=S)CCO2. The first-order valence-electron chi connectivity index (χ1n) is 7.29. The molecule has 1 aromatic heterocycles. The molecule has 0 bridgehead atoms. The summed E-state index contributed by atoms with van der Waals surface area (Å²) < 4.78 is 6.22. The van der Waals surface area contributed by atoms with Gasteiger partial charge in [-0.15, -0.1) is 0 Å². The van der Waals surface area contributed by atoms with Gasteiger partial charge in [-0.2, -0.15) is 0 Å². The van der Waals surface area contributed by atoms with Crippen LogP contribution in [0, 0.1) is 18.5 Å². The summed E-state index contributed by atoms with van der Waals surface area (Å²) >= 11 is 5.17. The molecule has 3 rings (SSSR count). The second-order valence-corrected chi connectivity index (χ2v) is 5.98. The van der Waals surface area contributed by atoms with E-state index in [0.29, 0.717) is 16.8 Å². The summed E-state index contributed by atoms with van der Waals surface area (Å²) in [6.45, 7) is 4.68. The van der Waals surface area contributed by atoms with Crippen molar-refractivity contribution in [2.75, 3.05) is 6.61 Å². The number of fused-ring (bicyclic) bond motifs is 1. The van der Waals surface area contributed by atoms with Gasteiger partial charge < -0.3 is 15.0 Å². The smallest absolute Gasteiger partial charge is 0.254 e. The Morgan fingerprint density at radius 2 is 2.23 bits per heavy atom. The van der Waals surface area contributed by atoms with Gasteiger partial charge in [0.2, 0.25) is 0 Å². The van der Waals surface area contributed by atoms with Gasteiger partial charge >= 0.3 is 0 Å². The number of ether oxygens (including phenoxy) is 1. The lowest BCUT2D eigenvalue weighted by molar-refractivity contribution is 0.0923. The molecular formula is C17H18N2O2S. The van der Waals surface area contributed by atoms with E-state index in [1.165, 1.54) is 0 Å². The molecule has 0 spiro atoms. The Bertz CT molecular complexity index is 782. The molecule has 4 nitrogen and oxygen atoms in total. The largest absolute Gasteiger partial charge is 0.493 e. The third-order valence-electron chi connectivity index (χ3n) is 3.84. The number of aryl methyl sites for hydroxylation is 2. The first-order chi connectivity index (χ1) is 10.6. The quantitative estimate of drug-likeness (QED) is 0.833. The molecule has 0 saturated heterocycles. The van der Waals surface area contributed by atoms with Crippen LogP contribution in [0.1, 0.15) is 39.5 Å². The van der Waals surface area contributed by atoms with Crippen LogP contribution in [-0.2, 0) is 0 Å². The van der Waals surface area contributed by atoms with Gasteiger partial charge in [0.25, 0.3) is 5.91 Å². The molecule has 0 aliphatic carbocycles. The van der Waals surface area contributed by atoms with Gasteiger partial charge in [-0.05, 0) is 31.5 Å². The normalized spacial score (nSPS) is 16.5. The molecule has 0 saturated carbocycles. The van der Waals surface area contributed by atoms with Gasteiger partial charge in [0.05, 0.1) is 18.2 Å². The van der Waals surface area contributed by atoms with E-state index < -0.39 is 0 Å². The molecule has 1 amide bonds. The summed E-state index contributed by atoms with van der Waals surface area (Å²) in [6, 6.07) is 7.63. The van der Waals surface area contributed by atoms with Crippen LogP contribution in [0.3, 0.4) is 0 Å². The van der Waals surface area contributed by atoms with E-state index in [2.05, 4.69) is 22.4 Å². The number of hydrogen-bond acceptors (Lipinski definition) is 3. The number of H-pyrrole nitrogens is 1. The summed E-state index contributed by atoms with van der Waals surface area (Å²) in [5.41, 5.74) is 3.81. The maximum Gasteiger partial charge on any atom is 0.254 e. The van der Waals surface area contributed by atoms with Crippen molar-refractivity contribution in [1.82, 2.24) is 10.3 Å². The average molecular weight is 314 g/mol. The zero-order valence-electron chi connectivity index (χ0n) is 12.6. The second kappa shape index (κ2) is 5.93. The standard InChI is InChI=1S/C17H18N2O2S/c1-10-8-11(2)15-13(9-10)14(5-7-21-15)19-16(20)12-4-3-6-18-17(12)22/h3-4,6,8-9,14H,5,7H2,1-2H3,(H,18,22)(H,19,20). The number of nitrogens with one attached hydrogen (secondary N) is 2. The van der Waals surface area contributed by atoms with Crippen molar-refractivity contribution < 1.29 is 9.53 Å². The number of amides is 1. The Hall–Kier alpha value is -2.14. The van der Waals surface area contributed by atoms with Crippen LogP contribution in [0.15, 0.2) is 30.5 Å². The Balaban J connectivity index is 1.91. The highest BCUT2D eigenvalue weighted by atomic mass is 32.1. The number of pyridine rings is 1. The highest BCUT2D eigenvalue weighted by Crippen LogP contribution is 2.35. The van der Waals surface area contributed by atoms with Crippen LogP contribution in [-0.4, -0.2) is 17.5 Å². The fourth-order valence-electron chi connectivity index (χ4n) is 2.86. The van der Waals surface area contributed by atoms with E-state index in [9.17, 15) is 4.79 Å². The lowest BCUT2D eigenvalue weighted by atomic mass is 9.95. The van der Waals surface area contributed by atoms with Crippen molar-refractivity contribution in [3.05, 3.63) is 57.4 Å². The number of aromatic amines is 1. The monoisotopic (exact) mass is 314 g/mol. The maximum absolute atomic E-state index is 12.5. The molecule has 2 aromatic rings. The molecule has 1 aliphatic rings. The van der Waals surface area contributed by atoms with Gasteiger partial charge in [0, 0.05) is 18.2 Å². The minimum atomic E-state index is -0.154. The molecule has 22 heavy (non-hydrogen) atoms. The molecule has 1 aromatic carbocycles. The molecule has 2 heterocycles. The van der Waals surface area contributed by atoms with Crippen molar-refractivity contribution in [3.63, 3.8) is 0 Å². The predicted molar refractivity (Wildman–Crippen MR) is 87.9 cm³/mol. The molecule has 1 atom stereocenters. The molecule has 0 fully saturated rings. The Morgan fingerprint density at radius 1 is 1.41 bits per heavy atom. The van der Waals surface area contributed by atoms with E-state index in [1.54, 1.807) is 18.3 Å². The molecule has 1 aliphatic heterocycles. The van der Waals surface area contributed by atoms with Crippen molar-refractivity contribution in [1.29, 1.82) is 0 Å². The van der Waals surface area contributed by atoms with E-state index in [0.717, 1.165) is 28.9 Å². The lowest BCUT2D eigenvalue weighted by Crippen LogP contribution is -2.32. The summed E-state index contributed by atoms with van der Waals surface area (Å²) in [4.78, 5) is 15.4. The Morgan fingerprint density at radius 3 is 3.00 bits per heavy atom. The van der Waals surface area contributed by atoms with Crippen molar-refractivity contribution in [2.24, 2.45) is 0 Å². The van der Waals surface area contributed by atoms with E-state index in [4.69, 9.17) is 17.0 Å². The summed E-state index contributed by atoms with van der Waals surface area (Å²) in [5.74, 6) is 0.735. The van der Waals surface area contributed by atoms with E-state index in [1.807, 2.05) is 13.8 Å². The van der Waals surface area contributed by atoms with Crippen LogP contribution in [0.25, 0.3) is 0 Å². The third kappa shape index (κ3) is 2.76. The zero-order valence-corrected chi connectivity index (χ0v) is 13.4. The Labute approximate surface area is 134 Å². The average Bonchev–Trinajstić information content (AvgIpc) is 2.48. The van der Waals surface area contributed by atoms with Gasteiger partial charge in [0.1, 0.15) is 10.4 Å². The highest BCUT2D eigenvalue weighted by Gasteiger charge is 2.25. The number of aromatic nitrogens is 1. The van der Waals surface area contributed by atoms with Crippen LogP contribution in [0.2, 0.25) is 0 Å². The zero-order chi connectivity index (χ0) is 15.7. The number of hydrogen-bond donors (Lipinski definition) is 2. The molecular weight excluding hydrogens is 296 g/mol. The molecule has 2 N–H and O–H groups in total. The van der Waals surface area contributed by atoms with Crippen molar-refractivity contribution >= 4 is 18.1 Å². The van der Waals surface area contributed by atoms with Crippen LogP contribution in [0.5, 0.6) is 5.75 Å². The topological polar surface area (TPSA) is 54.1 Å². The number of rotatable bonds is 2. The molecule has 5 heteroatoms. The molecule has 0 radical (unpaired) electrons. The number of benzene rings is 1. The first-order valence-corrected chi connectivity index (χ1v) is 7.69. The second-order valence-electron chi connectivity index (χ2n) is 5.58. The highest BCUT2D eigenvalue weighted by molar-refractivity contribution is 7.71. The fourth-order valence-corrected chi connectivity index (χ4v) is 3.09. The lowest BCUT2D eigenvalue weighted by Gasteiger charge is -2.28. The number of carbonyl (C=O) groups is 1. The van der Waals surface area contributed by atoms with E-state index >= 15 is 0 Å². The van der Waals surface area contributed by atoms with Gasteiger partial charge in [-0.1, -0.05) is 29.9 Å². The van der Waals surface area contributed by atoms with Crippen LogP contribution < -0.4 is 10.1 Å². The van der Waals surface area contributed by atoms with Gasteiger partial charge in [-0.3, -0.25) is 4.79 Å².